The molecule has 0 bridgehead atoms. The van der Waals surface area contributed by atoms with Crippen molar-refractivity contribution in [3.05, 3.63) is 29.8 Å². The van der Waals surface area contributed by atoms with E-state index >= 15 is 0 Å². The number of nitriles is 1. The molecule has 1 saturated carbocycles. The number of nitrogens with zero attached hydrogens (tertiary/aromatic N) is 1. The molecule has 1 N–H and O–H groups in total. The quantitative estimate of drug-likeness (QED) is 0.843. The topological polar surface area (TPSA) is 53.2 Å². The Labute approximate surface area is 95.3 Å². The van der Waals surface area contributed by atoms with E-state index in [9.17, 15) is 5.11 Å². The van der Waals surface area contributed by atoms with Gasteiger partial charge in [-0.3, -0.25) is 0 Å². The molecule has 1 aromatic carbocycles. The molecule has 2 rings (SSSR count). The van der Waals surface area contributed by atoms with Gasteiger partial charge in [-0.15, -0.1) is 0 Å². The van der Waals surface area contributed by atoms with Crippen LogP contribution in [0.15, 0.2) is 24.3 Å². The lowest BCUT2D eigenvalue weighted by Gasteiger charge is -2.17. The van der Waals surface area contributed by atoms with Crippen LogP contribution >= 0.6 is 0 Å². The van der Waals surface area contributed by atoms with Gasteiger partial charge in [-0.25, -0.2) is 0 Å². The van der Waals surface area contributed by atoms with Gasteiger partial charge in [-0.1, -0.05) is 12.1 Å². The van der Waals surface area contributed by atoms with Crippen molar-refractivity contribution in [1.82, 2.24) is 0 Å². The summed E-state index contributed by atoms with van der Waals surface area (Å²) in [4.78, 5) is 0. The first-order valence-corrected chi connectivity index (χ1v) is 5.60. The van der Waals surface area contributed by atoms with Crippen LogP contribution in [0.1, 0.15) is 24.8 Å². The van der Waals surface area contributed by atoms with Crippen molar-refractivity contribution in [1.29, 1.82) is 5.26 Å². The highest BCUT2D eigenvalue weighted by Gasteiger charge is 2.26. The largest absolute Gasteiger partial charge is 0.488 e. The highest BCUT2D eigenvalue weighted by atomic mass is 16.5. The highest BCUT2D eigenvalue weighted by molar-refractivity contribution is 5.29. The smallest absolute Gasteiger partial charge is 0.124 e. The van der Waals surface area contributed by atoms with Gasteiger partial charge in [0.15, 0.2) is 0 Å². The Hall–Kier alpha value is -1.53. The lowest BCUT2D eigenvalue weighted by atomic mass is 10.1. The molecule has 0 unspecified atom stereocenters. The molecule has 1 aliphatic carbocycles. The van der Waals surface area contributed by atoms with E-state index in [2.05, 4.69) is 6.07 Å². The van der Waals surface area contributed by atoms with Crippen LogP contribution in [0, 0.1) is 11.3 Å². The van der Waals surface area contributed by atoms with Crippen molar-refractivity contribution in [3.63, 3.8) is 0 Å². The van der Waals surface area contributed by atoms with Crippen molar-refractivity contribution in [2.75, 3.05) is 0 Å². The van der Waals surface area contributed by atoms with Gasteiger partial charge in [0.25, 0.3) is 0 Å². The molecule has 0 radical (unpaired) electrons. The average molecular weight is 217 g/mol. The van der Waals surface area contributed by atoms with Crippen LogP contribution < -0.4 is 4.74 Å². The third-order valence-electron chi connectivity index (χ3n) is 2.91. The van der Waals surface area contributed by atoms with Gasteiger partial charge in [-0.05, 0) is 37.0 Å². The number of benzene rings is 1. The van der Waals surface area contributed by atoms with Crippen molar-refractivity contribution in [2.24, 2.45) is 0 Å². The minimum absolute atomic E-state index is 0.0678. The van der Waals surface area contributed by atoms with Gasteiger partial charge >= 0.3 is 0 Å². The Kier molecular flexibility index (Phi) is 3.43. The summed E-state index contributed by atoms with van der Waals surface area (Å²) in [5, 5.41) is 18.2. The van der Waals surface area contributed by atoms with Gasteiger partial charge < -0.3 is 9.84 Å². The van der Waals surface area contributed by atoms with Gasteiger partial charge in [0, 0.05) is 0 Å². The fourth-order valence-electron chi connectivity index (χ4n) is 2.00. The molecule has 0 amide bonds. The fourth-order valence-corrected chi connectivity index (χ4v) is 2.00. The number of hydrogen-bond acceptors (Lipinski definition) is 3. The van der Waals surface area contributed by atoms with Crippen LogP contribution in [0.2, 0.25) is 0 Å². The molecule has 0 aliphatic heterocycles. The lowest BCUT2D eigenvalue weighted by molar-refractivity contribution is 0.0604. The SMILES string of the molecule is N#CCc1ccc(O[C@H]2CCC[C@@H]2O)cc1. The third-order valence-corrected chi connectivity index (χ3v) is 2.91. The number of ether oxygens (including phenoxy) is 1. The standard InChI is InChI=1S/C13H15NO2/c14-9-8-10-4-6-11(7-5-10)16-13-3-1-2-12(13)15/h4-7,12-13,15H,1-3,8H2/t12-,13-/m0/s1. The predicted molar refractivity (Wildman–Crippen MR) is 60.0 cm³/mol. The summed E-state index contributed by atoms with van der Waals surface area (Å²) in [6.07, 6.45) is 2.80. The fraction of sp³-hybridized carbons (Fsp3) is 0.462. The molecule has 2 atom stereocenters. The molecule has 0 spiro atoms. The van der Waals surface area contributed by atoms with E-state index in [0.29, 0.717) is 6.42 Å². The highest BCUT2D eigenvalue weighted by Crippen LogP contribution is 2.24. The van der Waals surface area contributed by atoms with Crippen LogP contribution in [0.5, 0.6) is 5.75 Å². The van der Waals surface area contributed by atoms with Gasteiger partial charge in [-0.2, -0.15) is 5.26 Å². The second-order valence-corrected chi connectivity index (χ2v) is 4.13. The monoisotopic (exact) mass is 217 g/mol. The number of aliphatic hydroxyl groups is 1. The lowest BCUT2D eigenvalue weighted by Crippen LogP contribution is -2.25. The molecule has 84 valence electrons. The zero-order valence-corrected chi connectivity index (χ0v) is 9.10. The summed E-state index contributed by atoms with van der Waals surface area (Å²) in [7, 11) is 0. The Bertz CT molecular complexity index is 380. The zero-order chi connectivity index (χ0) is 11.4. The summed E-state index contributed by atoms with van der Waals surface area (Å²) < 4.78 is 5.69. The second kappa shape index (κ2) is 5.00. The van der Waals surface area contributed by atoms with Crippen molar-refractivity contribution < 1.29 is 9.84 Å². The minimum atomic E-state index is -0.334. The van der Waals surface area contributed by atoms with Crippen LogP contribution in [-0.4, -0.2) is 17.3 Å². The molecule has 16 heavy (non-hydrogen) atoms. The predicted octanol–water partition coefficient (Wildman–Crippen LogP) is 2.04. The maximum absolute atomic E-state index is 9.62. The summed E-state index contributed by atoms with van der Waals surface area (Å²) in [6, 6.07) is 9.60. The third kappa shape index (κ3) is 2.53. The number of rotatable bonds is 3. The van der Waals surface area contributed by atoms with E-state index in [0.717, 1.165) is 30.6 Å². The summed E-state index contributed by atoms with van der Waals surface area (Å²) >= 11 is 0. The van der Waals surface area contributed by atoms with Crippen molar-refractivity contribution >= 4 is 0 Å². The van der Waals surface area contributed by atoms with Crippen molar-refractivity contribution in [3.8, 4) is 11.8 Å². The van der Waals surface area contributed by atoms with E-state index in [1.807, 2.05) is 24.3 Å². The molecule has 3 nitrogen and oxygen atoms in total. The molecular formula is C13H15NO2. The maximum atomic E-state index is 9.62. The van der Waals surface area contributed by atoms with E-state index in [4.69, 9.17) is 10.00 Å². The molecule has 0 saturated heterocycles. The molecule has 1 aliphatic rings. The Morgan fingerprint density at radius 3 is 2.62 bits per heavy atom. The molecule has 3 heteroatoms. The molecule has 0 aromatic heterocycles. The van der Waals surface area contributed by atoms with E-state index < -0.39 is 0 Å². The van der Waals surface area contributed by atoms with Gasteiger partial charge in [0.05, 0.1) is 18.6 Å². The van der Waals surface area contributed by atoms with Gasteiger partial charge in [0.1, 0.15) is 11.9 Å². The Morgan fingerprint density at radius 2 is 2.06 bits per heavy atom. The molecule has 1 fully saturated rings. The van der Waals surface area contributed by atoms with Gasteiger partial charge in [0.2, 0.25) is 0 Å². The maximum Gasteiger partial charge on any atom is 0.124 e. The van der Waals surface area contributed by atoms with E-state index in [-0.39, 0.29) is 12.2 Å². The summed E-state index contributed by atoms with van der Waals surface area (Å²) in [6.45, 7) is 0. The zero-order valence-electron chi connectivity index (χ0n) is 9.10. The Balaban J connectivity index is 1.97. The van der Waals surface area contributed by atoms with E-state index in [1.54, 1.807) is 0 Å². The van der Waals surface area contributed by atoms with Crippen molar-refractivity contribution in [2.45, 2.75) is 37.9 Å². The van der Waals surface area contributed by atoms with Crippen LogP contribution in [0.3, 0.4) is 0 Å². The summed E-state index contributed by atoms with van der Waals surface area (Å²) in [5.41, 5.74) is 0.988. The molecule has 0 heterocycles. The van der Waals surface area contributed by atoms with E-state index in [1.165, 1.54) is 0 Å². The van der Waals surface area contributed by atoms with Crippen LogP contribution in [-0.2, 0) is 6.42 Å². The van der Waals surface area contributed by atoms with Crippen LogP contribution in [0.4, 0.5) is 0 Å². The second-order valence-electron chi connectivity index (χ2n) is 4.13. The average Bonchev–Trinajstić information content (AvgIpc) is 2.68. The first-order valence-electron chi connectivity index (χ1n) is 5.60. The summed E-state index contributed by atoms with van der Waals surface area (Å²) in [5.74, 6) is 0.771. The molecular weight excluding hydrogens is 202 g/mol. The number of aliphatic hydroxyl groups excluding tert-OH is 1. The Morgan fingerprint density at radius 1 is 1.31 bits per heavy atom. The van der Waals surface area contributed by atoms with Crippen LogP contribution in [0.25, 0.3) is 0 Å². The molecule has 1 aromatic rings. The first kappa shape index (κ1) is 11.0. The normalized spacial score (nSPS) is 24.0. The first-order chi connectivity index (χ1) is 7.79. The number of hydrogen-bond donors (Lipinski definition) is 1. The minimum Gasteiger partial charge on any atom is -0.488 e.